The zero-order valence-corrected chi connectivity index (χ0v) is 21.9. The molecule has 1 aromatic rings. The van der Waals surface area contributed by atoms with Crippen molar-refractivity contribution in [3.05, 3.63) is 29.8 Å². The zero-order chi connectivity index (χ0) is 24.7. The third kappa shape index (κ3) is 6.96. The molecule has 35 heavy (non-hydrogen) atoms. The Labute approximate surface area is 210 Å². The second kappa shape index (κ2) is 12.5. The number of piperidine rings is 2. The number of esters is 1. The van der Waals surface area contributed by atoms with Crippen LogP contribution in [0.5, 0.6) is 5.75 Å². The van der Waals surface area contributed by atoms with Crippen molar-refractivity contribution in [1.29, 1.82) is 0 Å². The lowest BCUT2D eigenvalue weighted by Gasteiger charge is -2.38. The van der Waals surface area contributed by atoms with Crippen LogP contribution in [0.4, 0.5) is 0 Å². The number of hydrogen-bond acceptors (Lipinski definition) is 6. The first kappa shape index (κ1) is 26.4. The van der Waals surface area contributed by atoms with E-state index < -0.39 is 10.2 Å². The van der Waals surface area contributed by atoms with E-state index in [2.05, 4.69) is 17.0 Å². The number of aryl methyl sites for hydroxylation is 1. The number of carbonyl (C=O) groups excluding carboxylic acids is 1. The summed E-state index contributed by atoms with van der Waals surface area (Å²) < 4.78 is 41.6. The molecule has 2 fully saturated rings. The topological polar surface area (TPSA) is 79.4 Å². The predicted octanol–water partition coefficient (Wildman–Crippen LogP) is 3.08. The first-order valence-electron chi connectivity index (χ1n) is 13.3. The zero-order valence-electron chi connectivity index (χ0n) is 21.1. The van der Waals surface area contributed by atoms with Crippen molar-refractivity contribution in [3.63, 3.8) is 0 Å². The highest BCUT2D eigenvalue weighted by Crippen LogP contribution is 2.25. The van der Waals surface area contributed by atoms with Crippen LogP contribution in [0.3, 0.4) is 0 Å². The van der Waals surface area contributed by atoms with Crippen molar-refractivity contribution in [2.75, 3.05) is 52.5 Å². The fourth-order valence-electron chi connectivity index (χ4n) is 5.56. The molecule has 3 aliphatic heterocycles. The standard InChI is InChI=1S/C26H41N3O5S/c1-2-33-26(30)23-12-16-29(17-13-23)35(31,32)28-15-6-20-34-25-9-5-7-22(21-25)10-11-24-8-3-4-14-27(24)18-19-28/h5,7,9,21,23-24H,2-4,6,8,10-20H2,1H3. The lowest BCUT2D eigenvalue weighted by molar-refractivity contribution is -0.149. The fourth-order valence-corrected chi connectivity index (χ4v) is 7.24. The lowest BCUT2D eigenvalue weighted by Crippen LogP contribution is -2.51. The van der Waals surface area contributed by atoms with E-state index in [1.54, 1.807) is 15.5 Å². The van der Waals surface area contributed by atoms with E-state index in [1.807, 2.05) is 12.1 Å². The van der Waals surface area contributed by atoms with Crippen LogP contribution in [0.15, 0.2) is 24.3 Å². The van der Waals surface area contributed by atoms with Gasteiger partial charge in [0, 0.05) is 38.8 Å². The molecule has 1 atom stereocenters. The molecule has 0 aromatic heterocycles. The molecule has 0 saturated carbocycles. The van der Waals surface area contributed by atoms with Crippen molar-refractivity contribution >= 4 is 16.2 Å². The molecule has 4 rings (SSSR count). The third-order valence-corrected chi connectivity index (χ3v) is 9.63. The van der Waals surface area contributed by atoms with E-state index in [4.69, 9.17) is 9.47 Å². The molecule has 0 aliphatic carbocycles. The van der Waals surface area contributed by atoms with Crippen molar-refractivity contribution in [3.8, 4) is 5.75 Å². The smallest absolute Gasteiger partial charge is 0.309 e. The normalized spacial score (nSPS) is 24.7. The summed E-state index contributed by atoms with van der Waals surface area (Å²) in [5.74, 6) is 0.439. The summed E-state index contributed by atoms with van der Waals surface area (Å²) in [5.41, 5.74) is 1.31. The van der Waals surface area contributed by atoms with E-state index in [-0.39, 0.29) is 11.9 Å². The number of fused-ring (bicyclic) bond motifs is 3. The maximum Gasteiger partial charge on any atom is 0.309 e. The van der Waals surface area contributed by atoms with Gasteiger partial charge in [-0.1, -0.05) is 18.6 Å². The highest BCUT2D eigenvalue weighted by molar-refractivity contribution is 7.86. The number of hydrogen-bond donors (Lipinski definition) is 0. The van der Waals surface area contributed by atoms with Gasteiger partial charge in [0.1, 0.15) is 5.75 Å². The molecule has 2 bridgehead atoms. The molecule has 3 aliphatic rings. The van der Waals surface area contributed by atoms with E-state index in [0.717, 1.165) is 31.7 Å². The Balaban J connectivity index is 1.45. The van der Waals surface area contributed by atoms with Crippen LogP contribution in [-0.2, 0) is 26.2 Å². The molecule has 0 amide bonds. The Morgan fingerprint density at radius 2 is 1.77 bits per heavy atom. The Kier molecular flexibility index (Phi) is 9.44. The minimum Gasteiger partial charge on any atom is -0.494 e. The summed E-state index contributed by atoms with van der Waals surface area (Å²) in [6.07, 6.45) is 7.33. The number of rotatable bonds is 4. The monoisotopic (exact) mass is 507 g/mol. The molecule has 9 heteroatoms. The van der Waals surface area contributed by atoms with E-state index in [0.29, 0.717) is 64.7 Å². The summed E-state index contributed by atoms with van der Waals surface area (Å²) in [4.78, 5) is 14.6. The maximum atomic E-state index is 13.7. The number of ether oxygens (including phenoxy) is 2. The second-order valence-corrected chi connectivity index (χ2v) is 11.8. The van der Waals surface area contributed by atoms with Gasteiger partial charge in [-0.15, -0.1) is 0 Å². The molecule has 3 heterocycles. The molecule has 2 saturated heterocycles. The van der Waals surface area contributed by atoms with Crippen LogP contribution in [0.2, 0.25) is 0 Å². The second-order valence-electron chi connectivity index (χ2n) is 9.91. The quantitative estimate of drug-likeness (QED) is 0.583. The average Bonchev–Trinajstić information content (AvgIpc) is 2.87. The minimum absolute atomic E-state index is 0.208. The van der Waals surface area contributed by atoms with Crippen LogP contribution in [0.1, 0.15) is 57.4 Å². The predicted molar refractivity (Wildman–Crippen MR) is 136 cm³/mol. The van der Waals surface area contributed by atoms with E-state index in [1.165, 1.54) is 24.8 Å². The van der Waals surface area contributed by atoms with Crippen LogP contribution in [-0.4, -0.2) is 86.4 Å². The van der Waals surface area contributed by atoms with Crippen molar-refractivity contribution < 1.29 is 22.7 Å². The number of benzene rings is 1. The van der Waals surface area contributed by atoms with Gasteiger partial charge in [-0.2, -0.15) is 17.0 Å². The summed E-state index contributed by atoms with van der Waals surface area (Å²) in [6.45, 7) is 6.06. The van der Waals surface area contributed by atoms with Crippen molar-refractivity contribution in [2.45, 2.75) is 64.3 Å². The van der Waals surface area contributed by atoms with Gasteiger partial charge in [0.2, 0.25) is 0 Å². The Bertz CT molecular complexity index is 933. The Morgan fingerprint density at radius 1 is 0.971 bits per heavy atom. The molecule has 8 nitrogen and oxygen atoms in total. The molecule has 0 radical (unpaired) electrons. The third-order valence-electron chi connectivity index (χ3n) is 7.60. The molecule has 1 unspecified atom stereocenters. The minimum atomic E-state index is -3.61. The summed E-state index contributed by atoms with van der Waals surface area (Å²) in [7, 11) is -3.61. The van der Waals surface area contributed by atoms with Gasteiger partial charge in [-0.25, -0.2) is 0 Å². The SMILES string of the molecule is CCOC(=O)C1CCN(S(=O)(=O)N2CCCOc3cccc(c3)CCC3CCCCN3CC2)CC1. The van der Waals surface area contributed by atoms with Crippen LogP contribution < -0.4 is 4.74 Å². The first-order chi connectivity index (χ1) is 17.0. The first-order valence-corrected chi connectivity index (χ1v) is 14.7. The van der Waals surface area contributed by atoms with Gasteiger partial charge in [-0.3, -0.25) is 9.69 Å². The van der Waals surface area contributed by atoms with Crippen LogP contribution in [0.25, 0.3) is 0 Å². The largest absolute Gasteiger partial charge is 0.494 e. The number of carbonyl (C=O) groups is 1. The van der Waals surface area contributed by atoms with Crippen LogP contribution in [0, 0.1) is 5.92 Å². The summed E-state index contributed by atoms with van der Waals surface area (Å²) in [6, 6.07) is 8.81. The fraction of sp³-hybridized carbons (Fsp3) is 0.731. The van der Waals surface area contributed by atoms with E-state index >= 15 is 0 Å². The molecule has 0 spiro atoms. The maximum absolute atomic E-state index is 13.7. The molecule has 0 N–H and O–H groups in total. The van der Waals surface area contributed by atoms with Gasteiger partial charge in [0.15, 0.2) is 0 Å². The van der Waals surface area contributed by atoms with Crippen molar-refractivity contribution in [1.82, 2.24) is 13.5 Å². The highest BCUT2D eigenvalue weighted by atomic mass is 32.2. The molecular weight excluding hydrogens is 466 g/mol. The Morgan fingerprint density at radius 3 is 2.57 bits per heavy atom. The highest BCUT2D eigenvalue weighted by Gasteiger charge is 2.35. The van der Waals surface area contributed by atoms with Gasteiger partial charge >= 0.3 is 5.97 Å². The average molecular weight is 508 g/mol. The van der Waals surface area contributed by atoms with Gasteiger partial charge in [0.05, 0.1) is 19.1 Å². The van der Waals surface area contributed by atoms with Crippen molar-refractivity contribution in [2.24, 2.45) is 5.92 Å². The van der Waals surface area contributed by atoms with Gasteiger partial charge in [-0.05, 0) is 76.1 Å². The molecule has 1 aromatic carbocycles. The Hall–Kier alpha value is -1.68. The van der Waals surface area contributed by atoms with Gasteiger partial charge < -0.3 is 9.47 Å². The van der Waals surface area contributed by atoms with E-state index in [9.17, 15) is 13.2 Å². The summed E-state index contributed by atoms with van der Waals surface area (Å²) >= 11 is 0. The molecule has 196 valence electrons. The lowest BCUT2D eigenvalue weighted by atomic mass is 9.95. The van der Waals surface area contributed by atoms with Crippen LogP contribution >= 0.6 is 0 Å². The number of nitrogens with zero attached hydrogens (tertiary/aromatic N) is 3. The summed E-state index contributed by atoms with van der Waals surface area (Å²) in [5, 5.41) is 0. The molecular formula is C26H41N3O5S. The van der Waals surface area contributed by atoms with Gasteiger partial charge in [0.25, 0.3) is 10.2 Å².